The molecule has 3 rings (SSSR count). The molecule has 4 nitrogen and oxygen atoms in total. The lowest BCUT2D eigenvalue weighted by Gasteiger charge is -2.32. The Hall–Kier alpha value is -2.08. The molecule has 5 heteroatoms. The van der Waals surface area contributed by atoms with Gasteiger partial charge in [0.05, 0.1) is 11.2 Å². The number of nitrogens with two attached hydrogens (primary N) is 1. The van der Waals surface area contributed by atoms with Crippen LogP contribution in [-0.4, -0.2) is 24.9 Å². The van der Waals surface area contributed by atoms with Crippen LogP contribution in [0, 0.1) is 0 Å². The van der Waals surface area contributed by atoms with Crippen molar-refractivity contribution in [2.75, 3.05) is 6.54 Å². The second-order valence-electron chi connectivity index (χ2n) is 7.86. The quantitative estimate of drug-likeness (QED) is 0.778. The van der Waals surface area contributed by atoms with Gasteiger partial charge in [-0.15, -0.1) is 0 Å². The second-order valence-corrected chi connectivity index (χ2v) is 7.86. The first-order valence-corrected chi connectivity index (χ1v) is 9.34. The van der Waals surface area contributed by atoms with Crippen LogP contribution >= 0.6 is 0 Å². The highest BCUT2D eigenvalue weighted by Crippen LogP contribution is 2.38. The fourth-order valence-electron chi connectivity index (χ4n) is 2.87. The van der Waals surface area contributed by atoms with E-state index >= 15 is 0 Å². The molecule has 2 N–H and O–H groups in total. The third-order valence-electron chi connectivity index (χ3n) is 5.25. The van der Waals surface area contributed by atoms with Crippen molar-refractivity contribution >= 4 is 13.2 Å². The Bertz CT molecular complexity index is 786. The van der Waals surface area contributed by atoms with Crippen molar-refractivity contribution in [2.24, 2.45) is 5.73 Å². The van der Waals surface area contributed by atoms with Gasteiger partial charge in [-0.1, -0.05) is 48.5 Å². The summed E-state index contributed by atoms with van der Waals surface area (Å²) in [6.07, 6.45) is 2.03. The molecule has 0 atom stereocenters. The number of rotatable bonds is 6. The number of hydrogen-bond donors (Lipinski definition) is 1. The predicted molar refractivity (Wildman–Crippen MR) is 110 cm³/mol. The van der Waals surface area contributed by atoms with E-state index in [1.165, 1.54) is 0 Å². The highest BCUT2D eigenvalue weighted by molar-refractivity contribution is 6.55. The lowest BCUT2D eigenvalue weighted by molar-refractivity contribution is 0.00578. The van der Waals surface area contributed by atoms with Gasteiger partial charge in [0.15, 0.2) is 0 Å². The zero-order chi connectivity index (χ0) is 19.5. The third-order valence-corrected chi connectivity index (χ3v) is 5.25. The molecular formula is C22H28BNO3. The standard InChI is InChI=1S/C22H28BNO3/c1-21(2)22(3,4)27-23(26-21)19(15-24)13-18-11-8-12-20(14-18)25-16-17-9-6-5-7-10-17/h5-14H,15-16,24H2,1-4H3. The second kappa shape index (κ2) is 7.89. The van der Waals surface area contributed by atoms with E-state index in [1.54, 1.807) is 0 Å². The molecule has 0 radical (unpaired) electrons. The van der Waals surface area contributed by atoms with Crippen molar-refractivity contribution in [1.82, 2.24) is 0 Å². The number of hydrogen-bond acceptors (Lipinski definition) is 4. The van der Waals surface area contributed by atoms with Crippen LogP contribution in [-0.2, 0) is 15.9 Å². The predicted octanol–water partition coefficient (Wildman–Crippen LogP) is 4.24. The van der Waals surface area contributed by atoms with Crippen LogP contribution in [0.5, 0.6) is 5.75 Å². The minimum absolute atomic E-state index is 0.367. The molecule has 2 aromatic rings. The van der Waals surface area contributed by atoms with Crippen molar-refractivity contribution < 1.29 is 14.0 Å². The Labute approximate surface area is 162 Å². The Balaban J connectivity index is 1.73. The Morgan fingerprint density at radius 2 is 1.67 bits per heavy atom. The van der Waals surface area contributed by atoms with Crippen molar-refractivity contribution in [1.29, 1.82) is 0 Å². The Morgan fingerprint density at radius 3 is 2.30 bits per heavy atom. The summed E-state index contributed by atoms with van der Waals surface area (Å²) >= 11 is 0. The van der Waals surface area contributed by atoms with Crippen LogP contribution in [0.25, 0.3) is 6.08 Å². The number of benzene rings is 2. The van der Waals surface area contributed by atoms with E-state index in [4.69, 9.17) is 19.8 Å². The highest BCUT2D eigenvalue weighted by atomic mass is 16.7. The van der Waals surface area contributed by atoms with Crippen LogP contribution in [0.15, 0.2) is 60.1 Å². The van der Waals surface area contributed by atoms with Gasteiger partial charge in [-0.3, -0.25) is 0 Å². The van der Waals surface area contributed by atoms with Crippen LogP contribution in [0.2, 0.25) is 0 Å². The summed E-state index contributed by atoms with van der Waals surface area (Å²) in [4.78, 5) is 0. The molecule has 27 heavy (non-hydrogen) atoms. The Morgan fingerprint density at radius 1 is 1.00 bits per heavy atom. The van der Waals surface area contributed by atoms with Gasteiger partial charge in [0.2, 0.25) is 0 Å². The molecule has 1 aliphatic heterocycles. The van der Waals surface area contributed by atoms with Crippen LogP contribution in [0.3, 0.4) is 0 Å². The molecule has 0 spiro atoms. The first-order chi connectivity index (χ1) is 12.8. The normalized spacial score (nSPS) is 18.6. The molecule has 142 valence electrons. The maximum atomic E-state index is 6.12. The summed E-state index contributed by atoms with van der Waals surface area (Å²) in [5.41, 5.74) is 8.28. The maximum Gasteiger partial charge on any atom is 0.491 e. The van der Waals surface area contributed by atoms with E-state index in [0.29, 0.717) is 13.2 Å². The molecule has 0 aromatic heterocycles. The molecule has 2 aromatic carbocycles. The summed E-state index contributed by atoms with van der Waals surface area (Å²) in [6.45, 7) is 9.07. The van der Waals surface area contributed by atoms with Gasteiger partial charge in [-0.2, -0.15) is 0 Å². The first kappa shape index (κ1) is 19.7. The lowest BCUT2D eigenvalue weighted by atomic mass is 9.77. The van der Waals surface area contributed by atoms with E-state index in [1.807, 2.05) is 76.2 Å². The average molecular weight is 365 g/mol. The van der Waals surface area contributed by atoms with Crippen molar-refractivity contribution in [3.63, 3.8) is 0 Å². The molecule has 0 aliphatic carbocycles. The summed E-state index contributed by atoms with van der Waals surface area (Å²) in [5, 5.41) is 0. The van der Waals surface area contributed by atoms with Crippen LogP contribution in [0.4, 0.5) is 0 Å². The average Bonchev–Trinajstić information content (AvgIpc) is 2.86. The molecule has 1 fully saturated rings. The monoisotopic (exact) mass is 365 g/mol. The first-order valence-electron chi connectivity index (χ1n) is 9.34. The fraction of sp³-hybridized carbons (Fsp3) is 0.364. The van der Waals surface area contributed by atoms with Gasteiger partial charge in [-0.05, 0) is 56.4 Å². The molecule has 1 saturated heterocycles. The SMILES string of the molecule is CC1(C)OB(C(=Cc2cccc(OCc3ccccc3)c2)CN)OC1(C)C. The molecule has 0 bridgehead atoms. The van der Waals surface area contributed by atoms with Gasteiger partial charge in [-0.25, -0.2) is 0 Å². The van der Waals surface area contributed by atoms with E-state index < -0.39 is 7.12 Å². The largest absolute Gasteiger partial charge is 0.491 e. The highest BCUT2D eigenvalue weighted by Gasteiger charge is 2.52. The van der Waals surface area contributed by atoms with Crippen LogP contribution < -0.4 is 10.5 Å². The molecule has 0 unspecified atom stereocenters. The van der Waals surface area contributed by atoms with Crippen molar-refractivity contribution in [2.45, 2.75) is 45.5 Å². The zero-order valence-corrected chi connectivity index (χ0v) is 16.6. The fourth-order valence-corrected chi connectivity index (χ4v) is 2.87. The van der Waals surface area contributed by atoms with Gasteiger partial charge in [0.25, 0.3) is 0 Å². The zero-order valence-electron chi connectivity index (χ0n) is 16.6. The summed E-state index contributed by atoms with van der Waals surface area (Å²) in [5.74, 6) is 0.817. The topological polar surface area (TPSA) is 53.7 Å². The third kappa shape index (κ3) is 4.61. The minimum atomic E-state index is -0.436. The molecule has 1 heterocycles. The summed E-state index contributed by atoms with van der Waals surface area (Å²) in [6, 6.07) is 18.1. The van der Waals surface area contributed by atoms with Crippen LogP contribution in [0.1, 0.15) is 38.8 Å². The maximum absolute atomic E-state index is 6.12. The molecule has 0 amide bonds. The van der Waals surface area contributed by atoms with Crippen molar-refractivity contribution in [3.05, 3.63) is 71.2 Å². The van der Waals surface area contributed by atoms with E-state index in [-0.39, 0.29) is 11.2 Å². The lowest BCUT2D eigenvalue weighted by Crippen LogP contribution is -2.41. The summed E-state index contributed by atoms with van der Waals surface area (Å²) < 4.78 is 18.2. The smallest absolute Gasteiger partial charge is 0.489 e. The number of ether oxygens (including phenoxy) is 1. The van der Waals surface area contributed by atoms with E-state index in [9.17, 15) is 0 Å². The molecule has 1 aliphatic rings. The van der Waals surface area contributed by atoms with Gasteiger partial charge >= 0.3 is 7.12 Å². The Kier molecular flexibility index (Phi) is 5.75. The van der Waals surface area contributed by atoms with Crippen molar-refractivity contribution in [3.8, 4) is 5.75 Å². The van der Waals surface area contributed by atoms with Gasteiger partial charge < -0.3 is 19.8 Å². The van der Waals surface area contributed by atoms with Gasteiger partial charge in [0.1, 0.15) is 12.4 Å². The summed E-state index contributed by atoms with van der Waals surface area (Å²) in [7, 11) is -0.436. The molecule has 0 saturated carbocycles. The van der Waals surface area contributed by atoms with E-state index in [0.717, 1.165) is 22.3 Å². The van der Waals surface area contributed by atoms with E-state index in [2.05, 4.69) is 12.1 Å². The molecular weight excluding hydrogens is 337 g/mol. The van der Waals surface area contributed by atoms with Gasteiger partial charge in [0, 0.05) is 6.54 Å². The minimum Gasteiger partial charge on any atom is -0.489 e.